The molecule has 20 heavy (non-hydrogen) atoms. The summed E-state index contributed by atoms with van der Waals surface area (Å²) in [5, 5.41) is 3.93. The molecular formula is C11H12ClFN4O2S. The number of nitrogen functional groups attached to an aromatic ring is 1. The molecule has 0 saturated heterocycles. The first kappa shape index (κ1) is 14.6. The van der Waals surface area contributed by atoms with Crippen molar-refractivity contribution >= 4 is 33.1 Å². The van der Waals surface area contributed by atoms with Crippen LogP contribution in [0, 0.1) is 5.82 Å². The number of nitrogens with zero attached hydrogens (tertiary/aromatic N) is 2. The molecule has 2 aromatic rings. The van der Waals surface area contributed by atoms with Crippen LogP contribution < -0.4 is 10.5 Å². The number of aromatic nitrogens is 2. The number of benzene rings is 1. The highest BCUT2D eigenvalue weighted by molar-refractivity contribution is 7.92. The molecule has 0 radical (unpaired) electrons. The summed E-state index contributed by atoms with van der Waals surface area (Å²) in [6.45, 7) is 2.26. The van der Waals surface area contributed by atoms with Crippen LogP contribution in [0.4, 0.5) is 15.9 Å². The lowest BCUT2D eigenvalue weighted by atomic mass is 10.3. The van der Waals surface area contributed by atoms with Crippen molar-refractivity contribution in [3.05, 3.63) is 35.2 Å². The van der Waals surface area contributed by atoms with E-state index in [-0.39, 0.29) is 21.4 Å². The zero-order valence-corrected chi connectivity index (χ0v) is 12.0. The number of nitrogens with two attached hydrogens (primary N) is 1. The lowest BCUT2D eigenvalue weighted by Gasteiger charge is -2.08. The van der Waals surface area contributed by atoms with Gasteiger partial charge in [0.15, 0.2) is 5.82 Å². The van der Waals surface area contributed by atoms with Crippen molar-refractivity contribution in [1.29, 1.82) is 0 Å². The van der Waals surface area contributed by atoms with E-state index in [1.54, 1.807) is 6.92 Å². The molecule has 9 heteroatoms. The zero-order valence-electron chi connectivity index (χ0n) is 10.5. The maximum atomic E-state index is 13.1. The Morgan fingerprint density at radius 2 is 2.20 bits per heavy atom. The monoisotopic (exact) mass is 318 g/mol. The van der Waals surface area contributed by atoms with E-state index in [9.17, 15) is 12.8 Å². The highest BCUT2D eigenvalue weighted by Crippen LogP contribution is 2.26. The van der Waals surface area contributed by atoms with Gasteiger partial charge in [-0.1, -0.05) is 11.6 Å². The molecule has 0 spiro atoms. The number of rotatable bonds is 4. The molecule has 0 saturated carbocycles. The van der Waals surface area contributed by atoms with E-state index in [1.807, 2.05) is 0 Å². The Hall–Kier alpha value is -1.80. The van der Waals surface area contributed by atoms with E-state index < -0.39 is 15.8 Å². The molecule has 1 aromatic carbocycles. The van der Waals surface area contributed by atoms with Crippen molar-refractivity contribution in [3.63, 3.8) is 0 Å². The minimum atomic E-state index is -3.98. The molecule has 0 amide bonds. The molecule has 3 N–H and O–H groups in total. The van der Waals surface area contributed by atoms with Crippen LogP contribution in [-0.2, 0) is 16.6 Å². The lowest BCUT2D eigenvalue weighted by molar-refractivity contribution is 0.600. The van der Waals surface area contributed by atoms with Crippen LogP contribution in [0.25, 0.3) is 0 Å². The van der Waals surface area contributed by atoms with Crippen molar-refractivity contribution in [2.75, 3.05) is 10.5 Å². The van der Waals surface area contributed by atoms with Crippen molar-refractivity contribution in [3.8, 4) is 0 Å². The SMILES string of the molecule is CCn1cc(S(=O)(=O)Nc2cc(F)ccc2Cl)c(N)n1. The predicted octanol–water partition coefficient (Wildman–Crippen LogP) is 2.08. The zero-order chi connectivity index (χ0) is 14.9. The van der Waals surface area contributed by atoms with Crippen LogP contribution >= 0.6 is 11.6 Å². The van der Waals surface area contributed by atoms with E-state index in [4.69, 9.17) is 17.3 Å². The van der Waals surface area contributed by atoms with E-state index in [0.717, 1.165) is 12.1 Å². The molecule has 1 heterocycles. The van der Waals surface area contributed by atoms with Crippen LogP contribution in [0.1, 0.15) is 6.92 Å². The van der Waals surface area contributed by atoms with Gasteiger partial charge in [-0.15, -0.1) is 0 Å². The molecule has 0 atom stereocenters. The van der Waals surface area contributed by atoms with Gasteiger partial charge in [0.05, 0.1) is 10.7 Å². The van der Waals surface area contributed by atoms with Gasteiger partial charge in [0.25, 0.3) is 10.0 Å². The molecule has 0 bridgehead atoms. The minimum Gasteiger partial charge on any atom is -0.381 e. The number of nitrogens with one attached hydrogen (secondary N) is 1. The standard InChI is InChI=1S/C11H12ClFN4O2S/c1-2-17-6-10(11(14)15-17)20(18,19)16-9-5-7(13)3-4-8(9)12/h3-6,16H,2H2,1H3,(H2,14,15). The van der Waals surface area contributed by atoms with Gasteiger partial charge in [-0.25, -0.2) is 12.8 Å². The minimum absolute atomic E-state index is 0.0599. The topological polar surface area (TPSA) is 90.0 Å². The quantitative estimate of drug-likeness (QED) is 0.903. The number of aryl methyl sites for hydroxylation is 1. The third kappa shape index (κ3) is 2.86. The van der Waals surface area contributed by atoms with Gasteiger partial charge in [0.1, 0.15) is 10.7 Å². The Labute approximate surface area is 120 Å². The third-order valence-corrected chi connectivity index (χ3v) is 4.25. The van der Waals surface area contributed by atoms with Crippen LogP contribution in [-0.4, -0.2) is 18.2 Å². The van der Waals surface area contributed by atoms with Gasteiger partial charge in [0, 0.05) is 12.7 Å². The van der Waals surface area contributed by atoms with Gasteiger partial charge in [-0.3, -0.25) is 9.40 Å². The van der Waals surface area contributed by atoms with Gasteiger partial charge in [0.2, 0.25) is 0 Å². The second-order valence-corrected chi connectivity index (χ2v) is 6.02. The molecule has 0 aliphatic heterocycles. The fraction of sp³-hybridized carbons (Fsp3) is 0.182. The molecular weight excluding hydrogens is 307 g/mol. The maximum Gasteiger partial charge on any atom is 0.267 e. The molecule has 108 valence electrons. The Morgan fingerprint density at radius 1 is 1.50 bits per heavy atom. The average molecular weight is 319 g/mol. The van der Waals surface area contributed by atoms with Crippen LogP contribution in [0.15, 0.2) is 29.3 Å². The van der Waals surface area contributed by atoms with Crippen molar-refractivity contribution in [2.24, 2.45) is 0 Å². The molecule has 0 aliphatic carbocycles. The predicted molar refractivity (Wildman–Crippen MR) is 74.5 cm³/mol. The van der Waals surface area contributed by atoms with Crippen LogP contribution in [0.2, 0.25) is 5.02 Å². The Kier molecular flexibility index (Phi) is 3.87. The van der Waals surface area contributed by atoms with E-state index >= 15 is 0 Å². The average Bonchev–Trinajstić information content (AvgIpc) is 2.76. The molecule has 0 aliphatic rings. The highest BCUT2D eigenvalue weighted by atomic mass is 35.5. The fourth-order valence-corrected chi connectivity index (χ4v) is 2.93. The number of hydrogen-bond acceptors (Lipinski definition) is 4. The summed E-state index contributed by atoms with van der Waals surface area (Å²) >= 11 is 5.82. The van der Waals surface area contributed by atoms with E-state index in [0.29, 0.717) is 6.54 Å². The van der Waals surface area contributed by atoms with Gasteiger partial charge in [-0.2, -0.15) is 5.10 Å². The van der Waals surface area contributed by atoms with Crippen molar-refractivity contribution in [2.45, 2.75) is 18.4 Å². The molecule has 0 unspecified atom stereocenters. The summed E-state index contributed by atoms with van der Waals surface area (Å²) in [5.41, 5.74) is 5.51. The summed E-state index contributed by atoms with van der Waals surface area (Å²) < 4.78 is 41.1. The first-order valence-electron chi connectivity index (χ1n) is 5.64. The number of anilines is 2. The largest absolute Gasteiger partial charge is 0.381 e. The molecule has 0 fully saturated rings. The first-order valence-corrected chi connectivity index (χ1v) is 7.50. The summed E-state index contributed by atoms with van der Waals surface area (Å²) in [7, 11) is -3.98. The van der Waals surface area contributed by atoms with Gasteiger partial charge < -0.3 is 5.73 Å². The van der Waals surface area contributed by atoms with Gasteiger partial charge >= 0.3 is 0 Å². The fourth-order valence-electron chi connectivity index (χ4n) is 1.56. The molecule has 1 aromatic heterocycles. The summed E-state index contributed by atoms with van der Waals surface area (Å²) in [6.07, 6.45) is 1.30. The Balaban J connectivity index is 2.40. The maximum absolute atomic E-state index is 13.1. The Morgan fingerprint density at radius 3 is 2.80 bits per heavy atom. The smallest absolute Gasteiger partial charge is 0.267 e. The van der Waals surface area contributed by atoms with Crippen molar-refractivity contribution < 1.29 is 12.8 Å². The third-order valence-electron chi connectivity index (χ3n) is 2.54. The number of hydrogen-bond donors (Lipinski definition) is 2. The summed E-state index contributed by atoms with van der Waals surface area (Å²) in [4.78, 5) is -0.181. The lowest BCUT2D eigenvalue weighted by Crippen LogP contribution is -2.14. The number of sulfonamides is 1. The number of halogens is 2. The van der Waals surface area contributed by atoms with E-state index in [1.165, 1.54) is 16.9 Å². The second-order valence-electron chi connectivity index (χ2n) is 3.96. The van der Waals surface area contributed by atoms with Crippen LogP contribution in [0.5, 0.6) is 0 Å². The Bertz CT molecular complexity index is 745. The molecule has 6 nitrogen and oxygen atoms in total. The second kappa shape index (κ2) is 5.29. The summed E-state index contributed by atoms with van der Waals surface area (Å²) in [6, 6.07) is 3.37. The molecule has 2 rings (SSSR count). The highest BCUT2D eigenvalue weighted by Gasteiger charge is 2.22. The normalized spacial score (nSPS) is 11.6. The first-order chi connectivity index (χ1) is 9.33. The van der Waals surface area contributed by atoms with Gasteiger partial charge in [-0.05, 0) is 25.1 Å². The van der Waals surface area contributed by atoms with E-state index in [2.05, 4.69) is 9.82 Å². The van der Waals surface area contributed by atoms with Crippen LogP contribution in [0.3, 0.4) is 0 Å². The summed E-state index contributed by atoms with van der Waals surface area (Å²) in [5.74, 6) is -0.740. The van der Waals surface area contributed by atoms with Crippen molar-refractivity contribution in [1.82, 2.24) is 9.78 Å².